The fourth-order valence-corrected chi connectivity index (χ4v) is 5.36. The van der Waals surface area contributed by atoms with Crippen molar-refractivity contribution in [3.05, 3.63) is 24.8 Å². The molecule has 1 unspecified atom stereocenters. The standard InChI is InChI=1S/C36H66O4/c1-3-5-6-7-8-9-10-11-12-13-14-15-16-17-18-19-20-21-22-23-24-25-26-27-28-29-30-31-34(33-35(37)38)36(39)40-32-4-2/h4,10-11,34H,2-3,5-9,12-33H2,1H3,(H,37,38)/b11-10+. The number of carboxylic acids is 1. The molecule has 40 heavy (non-hydrogen) atoms. The molecule has 0 amide bonds. The number of carbonyl (C=O) groups is 2. The highest BCUT2D eigenvalue weighted by Gasteiger charge is 2.22. The number of allylic oxidation sites excluding steroid dienone is 2. The Morgan fingerprint density at radius 1 is 0.625 bits per heavy atom. The number of carbonyl (C=O) groups excluding carboxylic acids is 1. The molecule has 1 atom stereocenters. The Kier molecular flexibility index (Phi) is 30.7. The van der Waals surface area contributed by atoms with Gasteiger partial charge >= 0.3 is 11.9 Å². The van der Waals surface area contributed by atoms with Gasteiger partial charge in [0, 0.05) is 0 Å². The van der Waals surface area contributed by atoms with Gasteiger partial charge < -0.3 is 9.84 Å². The SMILES string of the molecule is C=CCOC(=O)C(CCCCCCCCCCCCCCCCCCCC/C=C/CCCCCCC)CC(=O)O. The summed E-state index contributed by atoms with van der Waals surface area (Å²) in [4.78, 5) is 23.0. The van der Waals surface area contributed by atoms with Gasteiger partial charge in [-0.25, -0.2) is 0 Å². The average molecular weight is 563 g/mol. The van der Waals surface area contributed by atoms with Crippen LogP contribution in [0.4, 0.5) is 0 Å². The molecule has 0 heterocycles. The van der Waals surface area contributed by atoms with E-state index in [1.165, 1.54) is 147 Å². The van der Waals surface area contributed by atoms with E-state index in [2.05, 4.69) is 25.7 Å². The second-order valence-electron chi connectivity index (χ2n) is 11.8. The van der Waals surface area contributed by atoms with Crippen molar-refractivity contribution in [2.24, 2.45) is 5.92 Å². The lowest BCUT2D eigenvalue weighted by Gasteiger charge is -2.13. The van der Waals surface area contributed by atoms with Gasteiger partial charge in [-0.1, -0.05) is 167 Å². The Morgan fingerprint density at radius 3 is 1.38 bits per heavy atom. The van der Waals surface area contributed by atoms with Crippen LogP contribution in [0, 0.1) is 5.92 Å². The van der Waals surface area contributed by atoms with Crippen LogP contribution in [0.1, 0.15) is 180 Å². The minimum atomic E-state index is -0.941. The Labute approximate surface area is 248 Å². The van der Waals surface area contributed by atoms with E-state index in [0.717, 1.165) is 19.3 Å². The summed E-state index contributed by atoms with van der Waals surface area (Å²) in [5.74, 6) is -1.88. The van der Waals surface area contributed by atoms with Crippen molar-refractivity contribution in [3.8, 4) is 0 Å². The molecular weight excluding hydrogens is 496 g/mol. The number of esters is 1. The summed E-state index contributed by atoms with van der Waals surface area (Å²) < 4.78 is 5.04. The molecule has 0 saturated carbocycles. The quantitative estimate of drug-likeness (QED) is 0.0503. The maximum Gasteiger partial charge on any atom is 0.309 e. The molecule has 234 valence electrons. The topological polar surface area (TPSA) is 63.6 Å². The maximum atomic E-state index is 12.0. The zero-order chi connectivity index (χ0) is 29.4. The molecule has 0 saturated heterocycles. The highest BCUT2D eigenvalue weighted by Crippen LogP contribution is 2.18. The second-order valence-corrected chi connectivity index (χ2v) is 11.8. The van der Waals surface area contributed by atoms with Gasteiger partial charge in [0.1, 0.15) is 6.61 Å². The van der Waals surface area contributed by atoms with E-state index in [0.29, 0.717) is 6.42 Å². The van der Waals surface area contributed by atoms with Crippen LogP contribution in [0.2, 0.25) is 0 Å². The zero-order valence-electron chi connectivity index (χ0n) is 26.5. The lowest BCUT2D eigenvalue weighted by Crippen LogP contribution is -2.21. The molecule has 0 aromatic heterocycles. The van der Waals surface area contributed by atoms with Gasteiger partial charge in [0.25, 0.3) is 0 Å². The first-order chi connectivity index (χ1) is 19.6. The lowest BCUT2D eigenvalue weighted by atomic mass is 9.97. The number of hydrogen-bond donors (Lipinski definition) is 1. The summed E-state index contributed by atoms with van der Waals surface area (Å²) in [5.41, 5.74) is 0. The highest BCUT2D eigenvalue weighted by molar-refractivity contribution is 5.79. The van der Waals surface area contributed by atoms with Crippen LogP contribution in [0.15, 0.2) is 24.8 Å². The monoisotopic (exact) mass is 562 g/mol. The first-order valence-corrected chi connectivity index (χ1v) is 17.3. The van der Waals surface area contributed by atoms with Crippen molar-refractivity contribution in [1.82, 2.24) is 0 Å². The molecule has 1 N–H and O–H groups in total. The Hall–Kier alpha value is -1.58. The highest BCUT2D eigenvalue weighted by atomic mass is 16.5. The number of ether oxygens (including phenoxy) is 1. The van der Waals surface area contributed by atoms with Gasteiger partial charge in [0.15, 0.2) is 0 Å². The van der Waals surface area contributed by atoms with Gasteiger partial charge in [-0.05, 0) is 32.1 Å². The summed E-state index contributed by atoms with van der Waals surface area (Å²) in [6, 6.07) is 0. The van der Waals surface area contributed by atoms with Crippen LogP contribution in [-0.2, 0) is 14.3 Å². The average Bonchev–Trinajstić information content (AvgIpc) is 2.94. The van der Waals surface area contributed by atoms with Crippen LogP contribution in [0.25, 0.3) is 0 Å². The smallest absolute Gasteiger partial charge is 0.309 e. The predicted molar refractivity (Wildman–Crippen MR) is 172 cm³/mol. The minimum absolute atomic E-state index is 0.145. The van der Waals surface area contributed by atoms with Crippen LogP contribution < -0.4 is 0 Å². The van der Waals surface area contributed by atoms with E-state index in [1.54, 1.807) is 0 Å². The number of hydrogen-bond acceptors (Lipinski definition) is 3. The van der Waals surface area contributed by atoms with Crippen molar-refractivity contribution in [1.29, 1.82) is 0 Å². The van der Waals surface area contributed by atoms with Crippen LogP contribution in [0.3, 0.4) is 0 Å². The van der Waals surface area contributed by atoms with Crippen molar-refractivity contribution >= 4 is 11.9 Å². The number of rotatable bonds is 32. The van der Waals surface area contributed by atoms with Gasteiger partial charge in [-0.15, -0.1) is 0 Å². The van der Waals surface area contributed by atoms with E-state index in [1.807, 2.05) is 0 Å². The third-order valence-electron chi connectivity index (χ3n) is 7.91. The molecule has 0 aliphatic rings. The number of unbranched alkanes of at least 4 members (excludes halogenated alkanes) is 23. The third kappa shape index (κ3) is 29.4. The molecule has 0 rings (SSSR count). The van der Waals surface area contributed by atoms with E-state index in [-0.39, 0.29) is 13.0 Å². The number of aliphatic carboxylic acids is 1. The fraction of sp³-hybridized carbons (Fsp3) is 0.833. The Morgan fingerprint density at radius 2 is 1.00 bits per heavy atom. The summed E-state index contributed by atoms with van der Waals surface area (Å²) in [7, 11) is 0. The summed E-state index contributed by atoms with van der Waals surface area (Å²) in [6.45, 7) is 5.95. The normalized spacial score (nSPS) is 12.1. The van der Waals surface area contributed by atoms with Crippen molar-refractivity contribution in [2.45, 2.75) is 180 Å². The first kappa shape index (κ1) is 38.4. The predicted octanol–water partition coefficient (Wildman–Crippen LogP) is 11.5. The summed E-state index contributed by atoms with van der Waals surface area (Å²) in [5, 5.41) is 9.03. The molecule has 4 nitrogen and oxygen atoms in total. The lowest BCUT2D eigenvalue weighted by molar-refractivity contribution is -0.152. The summed E-state index contributed by atoms with van der Waals surface area (Å²) in [6.07, 6.45) is 40.0. The van der Waals surface area contributed by atoms with Gasteiger partial charge in [0.05, 0.1) is 12.3 Å². The van der Waals surface area contributed by atoms with Crippen LogP contribution in [-0.4, -0.2) is 23.7 Å². The van der Waals surface area contributed by atoms with Crippen LogP contribution >= 0.6 is 0 Å². The molecule has 0 aliphatic heterocycles. The van der Waals surface area contributed by atoms with Crippen molar-refractivity contribution in [2.75, 3.05) is 6.61 Å². The van der Waals surface area contributed by atoms with Gasteiger partial charge in [-0.3, -0.25) is 9.59 Å². The molecule has 0 bridgehead atoms. The molecule has 0 radical (unpaired) electrons. The molecule has 0 aliphatic carbocycles. The van der Waals surface area contributed by atoms with Gasteiger partial charge in [-0.2, -0.15) is 0 Å². The molecule has 0 aromatic rings. The van der Waals surface area contributed by atoms with E-state index >= 15 is 0 Å². The number of carboxylic acid groups (broad SMARTS) is 1. The van der Waals surface area contributed by atoms with Crippen molar-refractivity contribution in [3.63, 3.8) is 0 Å². The van der Waals surface area contributed by atoms with E-state index in [9.17, 15) is 9.59 Å². The maximum absolute atomic E-state index is 12.0. The van der Waals surface area contributed by atoms with E-state index < -0.39 is 17.9 Å². The molecule has 0 spiro atoms. The largest absolute Gasteiger partial charge is 0.481 e. The van der Waals surface area contributed by atoms with Crippen LogP contribution in [0.5, 0.6) is 0 Å². The summed E-state index contributed by atoms with van der Waals surface area (Å²) >= 11 is 0. The Balaban J connectivity index is 3.33. The molecular formula is C36H66O4. The van der Waals surface area contributed by atoms with Gasteiger partial charge in [0.2, 0.25) is 0 Å². The zero-order valence-corrected chi connectivity index (χ0v) is 26.5. The molecule has 0 fully saturated rings. The first-order valence-electron chi connectivity index (χ1n) is 17.3. The third-order valence-corrected chi connectivity index (χ3v) is 7.91. The van der Waals surface area contributed by atoms with E-state index in [4.69, 9.17) is 9.84 Å². The molecule has 4 heteroatoms. The minimum Gasteiger partial charge on any atom is -0.481 e. The fourth-order valence-electron chi connectivity index (χ4n) is 5.36. The van der Waals surface area contributed by atoms with Crippen molar-refractivity contribution < 1.29 is 19.4 Å². The second kappa shape index (κ2) is 31.9. The Bertz CT molecular complexity index is 598. The molecule has 0 aromatic carbocycles.